The lowest BCUT2D eigenvalue weighted by Crippen LogP contribution is -2.25. The molecule has 13 rings (SSSR count). The Labute approximate surface area is 367 Å². The largest absolute Gasteiger partial charge is 0.0725 e. The summed E-state index contributed by atoms with van der Waals surface area (Å²) < 4.78 is 0. The van der Waals surface area contributed by atoms with Crippen LogP contribution in [0.2, 0.25) is 0 Å². The van der Waals surface area contributed by atoms with Gasteiger partial charge >= 0.3 is 0 Å². The van der Waals surface area contributed by atoms with Gasteiger partial charge in [0.25, 0.3) is 0 Å². The summed E-state index contributed by atoms with van der Waals surface area (Å²) in [4.78, 5) is 0. The van der Waals surface area contributed by atoms with Gasteiger partial charge in [0.05, 0.1) is 5.41 Å². The molecule has 0 nitrogen and oxygen atoms in total. The van der Waals surface area contributed by atoms with Crippen molar-refractivity contribution in [3.05, 3.63) is 264 Å². The van der Waals surface area contributed by atoms with Gasteiger partial charge in [-0.05, 0) is 127 Å². The molecule has 0 amide bonds. The lowest BCUT2D eigenvalue weighted by Gasteiger charge is -2.31. The molecule has 11 aromatic carbocycles. The van der Waals surface area contributed by atoms with Crippen LogP contribution in [0.1, 0.15) is 33.4 Å². The fourth-order valence-corrected chi connectivity index (χ4v) is 11.3. The van der Waals surface area contributed by atoms with Gasteiger partial charge in [-0.25, -0.2) is 0 Å². The summed E-state index contributed by atoms with van der Waals surface area (Å²) in [5.41, 5.74) is 20.2. The van der Waals surface area contributed by atoms with E-state index in [9.17, 15) is 0 Å². The predicted octanol–water partition coefficient (Wildman–Crippen LogP) is 16.7. The van der Waals surface area contributed by atoms with Crippen LogP contribution in [-0.4, -0.2) is 0 Å². The molecule has 0 saturated heterocycles. The molecule has 2 aliphatic rings. The zero-order chi connectivity index (χ0) is 41.5. The zero-order valence-electron chi connectivity index (χ0n) is 34.6. The molecule has 0 unspecified atom stereocenters. The normalized spacial score (nSPS) is 13.1. The highest BCUT2D eigenvalue weighted by atomic mass is 14.5. The summed E-state index contributed by atoms with van der Waals surface area (Å²) in [6.07, 6.45) is 4.50. The minimum Gasteiger partial charge on any atom is -0.0622 e. The Balaban J connectivity index is 0.992. The van der Waals surface area contributed by atoms with E-state index in [2.05, 4.69) is 243 Å². The van der Waals surface area contributed by atoms with Crippen molar-refractivity contribution in [2.45, 2.75) is 5.41 Å². The number of hydrogen-bond acceptors (Lipinski definition) is 0. The third-order valence-corrected chi connectivity index (χ3v) is 13.9. The van der Waals surface area contributed by atoms with Gasteiger partial charge in [0, 0.05) is 0 Å². The first kappa shape index (κ1) is 35.7. The standard InChI is InChI=1S/C63H40/c1-2-16-42(17-3-1)43-33-30-41(31-34-43)32-35-44-36-39-56(47-19-5-4-18-46(44)47)62-54-25-8-6-23-52(54)61(53-24-7-9-26-55(53)62)45-37-38-51-50-22-12-15-29-59(50)63(60(51)40-45)57-27-13-10-20-48(57)49-21-11-14-28-58(49)63/h1-40H/b35-32+. The summed E-state index contributed by atoms with van der Waals surface area (Å²) in [6.45, 7) is 0. The lowest BCUT2D eigenvalue weighted by molar-refractivity contribution is 0.794. The summed E-state index contributed by atoms with van der Waals surface area (Å²) in [5, 5.41) is 7.52. The van der Waals surface area contributed by atoms with Crippen molar-refractivity contribution in [1.82, 2.24) is 0 Å². The van der Waals surface area contributed by atoms with Crippen molar-refractivity contribution in [2.24, 2.45) is 0 Å². The molecule has 0 radical (unpaired) electrons. The van der Waals surface area contributed by atoms with E-state index in [4.69, 9.17) is 0 Å². The van der Waals surface area contributed by atoms with E-state index >= 15 is 0 Å². The van der Waals surface area contributed by atoms with Crippen molar-refractivity contribution in [3.63, 3.8) is 0 Å². The minimum atomic E-state index is -0.401. The first-order valence-electron chi connectivity index (χ1n) is 22.0. The second kappa shape index (κ2) is 14.0. The van der Waals surface area contributed by atoms with Gasteiger partial charge in [-0.3, -0.25) is 0 Å². The quantitative estimate of drug-likeness (QED) is 0.120. The van der Waals surface area contributed by atoms with Crippen LogP contribution in [-0.2, 0) is 5.41 Å². The topological polar surface area (TPSA) is 0 Å². The molecule has 0 fully saturated rings. The number of fused-ring (bicyclic) bond motifs is 13. The number of rotatable bonds is 5. The Morgan fingerprint density at radius 3 is 1.27 bits per heavy atom. The minimum absolute atomic E-state index is 0.401. The van der Waals surface area contributed by atoms with Gasteiger partial charge in [0.15, 0.2) is 0 Å². The van der Waals surface area contributed by atoms with Gasteiger partial charge in [-0.1, -0.05) is 237 Å². The maximum absolute atomic E-state index is 2.54. The fraction of sp³-hybridized carbons (Fsp3) is 0.0159. The summed E-state index contributed by atoms with van der Waals surface area (Å²) in [7, 11) is 0. The molecule has 0 aromatic heterocycles. The number of hydrogen-bond donors (Lipinski definition) is 0. The molecule has 0 heteroatoms. The van der Waals surface area contributed by atoms with Crippen LogP contribution in [0.15, 0.2) is 231 Å². The Hall–Kier alpha value is -8.06. The molecule has 0 atom stereocenters. The van der Waals surface area contributed by atoms with E-state index in [1.165, 1.54) is 121 Å². The van der Waals surface area contributed by atoms with Crippen LogP contribution < -0.4 is 0 Å². The smallest absolute Gasteiger partial charge is 0.0622 e. The molecule has 0 saturated carbocycles. The molecular weight excluding hydrogens is 757 g/mol. The Morgan fingerprint density at radius 1 is 0.254 bits per heavy atom. The van der Waals surface area contributed by atoms with Gasteiger partial charge in [0.2, 0.25) is 0 Å². The van der Waals surface area contributed by atoms with Crippen LogP contribution in [0.3, 0.4) is 0 Å². The van der Waals surface area contributed by atoms with Crippen molar-refractivity contribution >= 4 is 44.5 Å². The van der Waals surface area contributed by atoms with Crippen LogP contribution >= 0.6 is 0 Å². The molecule has 11 aromatic rings. The molecule has 0 N–H and O–H groups in total. The van der Waals surface area contributed by atoms with Crippen molar-refractivity contribution < 1.29 is 0 Å². The SMILES string of the molecule is C(=C\c1ccc(-c2c3ccccc3c(-c3ccc4c(c3)C3(c5ccccc5-c5ccccc53)c3ccccc3-4)c3ccccc23)c2ccccc12)/c1ccc(-c2ccccc2)cc1. The van der Waals surface area contributed by atoms with Gasteiger partial charge in [0.1, 0.15) is 0 Å². The van der Waals surface area contributed by atoms with Crippen LogP contribution in [0, 0.1) is 0 Å². The van der Waals surface area contributed by atoms with E-state index in [0.29, 0.717) is 0 Å². The third kappa shape index (κ3) is 5.22. The van der Waals surface area contributed by atoms with E-state index in [1.807, 2.05) is 0 Å². The predicted molar refractivity (Wildman–Crippen MR) is 267 cm³/mol. The first-order chi connectivity index (χ1) is 31.3. The molecule has 0 heterocycles. The molecule has 0 bridgehead atoms. The molecular formula is C63H40. The highest BCUT2D eigenvalue weighted by Gasteiger charge is 2.51. The maximum Gasteiger partial charge on any atom is 0.0725 e. The van der Waals surface area contributed by atoms with E-state index in [0.717, 1.165) is 0 Å². The molecule has 2 aliphatic carbocycles. The average molecular weight is 797 g/mol. The van der Waals surface area contributed by atoms with E-state index in [-0.39, 0.29) is 0 Å². The highest BCUT2D eigenvalue weighted by molar-refractivity contribution is 6.24. The van der Waals surface area contributed by atoms with Crippen molar-refractivity contribution in [2.75, 3.05) is 0 Å². The Bertz CT molecular complexity index is 3540. The number of benzene rings is 11. The molecule has 0 aliphatic heterocycles. The van der Waals surface area contributed by atoms with Gasteiger partial charge < -0.3 is 0 Å². The Morgan fingerprint density at radius 2 is 0.683 bits per heavy atom. The second-order valence-corrected chi connectivity index (χ2v) is 17.1. The summed E-state index contributed by atoms with van der Waals surface area (Å²) in [6, 6.07) is 85.7. The Kier molecular flexibility index (Phi) is 7.92. The fourth-order valence-electron chi connectivity index (χ4n) is 11.3. The monoisotopic (exact) mass is 796 g/mol. The van der Waals surface area contributed by atoms with E-state index in [1.54, 1.807) is 0 Å². The van der Waals surface area contributed by atoms with Crippen molar-refractivity contribution in [3.8, 4) is 55.6 Å². The van der Waals surface area contributed by atoms with E-state index < -0.39 is 5.41 Å². The van der Waals surface area contributed by atoms with Gasteiger partial charge in [-0.15, -0.1) is 0 Å². The maximum atomic E-state index is 2.54. The third-order valence-electron chi connectivity index (χ3n) is 13.9. The zero-order valence-corrected chi connectivity index (χ0v) is 34.6. The van der Waals surface area contributed by atoms with Gasteiger partial charge in [-0.2, -0.15) is 0 Å². The first-order valence-corrected chi connectivity index (χ1v) is 22.0. The van der Waals surface area contributed by atoms with Crippen LogP contribution in [0.4, 0.5) is 0 Å². The molecule has 292 valence electrons. The average Bonchev–Trinajstić information content (AvgIpc) is 3.82. The molecule has 63 heavy (non-hydrogen) atoms. The van der Waals surface area contributed by atoms with Crippen LogP contribution in [0.25, 0.3) is 100 Å². The summed E-state index contributed by atoms with van der Waals surface area (Å²) in [5.74, 6) is 0. The van der Waals surface area contributed by atoms with Crippen LogP contribution in [0.5, 0.6) is 0 Å². The van der Waals surface area contributed by atoms with Crippen molar-refractivity contribution in [1.29, 1.82) is 0 Å². The summed E-state index contributed by atoms with van der Waals surface area (Å²) >= 11 is 0. The lowest BCUT2D eigenvalue weighted by atomic mass is 9.70. The second-order valence-electron chi connectivity index (χ2n) is 17.1. The highest BCUT2D eigenvalue weighted by Crippen LogP contribution is 2.63. The molecule has 1 spiro atoms.